The minimum Gasteiger partial charge on any atom is -0.493 e. The second-order valence-electron chi connectivity index (χ2n) is 10.3. The molecule has 32 heavy (non-hydrogen) atoms. The third-order valence-corrected chi connectivity index (χ3v) is 11.7. The molecule has 1 N–H and O–H groups in total. The highest BCUT2D eigenvalue weighted by Gasteiger charge is 2.81. The van der Waals surface area contributed by atoms with Crippen LogP contribution in [-0.4, -0.2) is 54.5 Å². The Morgan fingerprint density at radius 3 is 3.00 bits per heavy atom. The number of benzene rings is 1. The molecule has 4 fully saturated rings. The Kier molecular flexibility index (Phi) is 4.15. The number of thioether (sulfide) groups is 1. The van der Waals surface area contributed by atoms with Crippen LogP contribution in [0.1, 0.15) is 37.3 Å². The summed E-state index contributed by atoms with van der Waals surface area (Å²) in [7, 11) is 3.67. The maximum atomic E-state index is 7.05. The predicted octanol–water partition coefficient (Wildman–Crippen LogP) is 3.69. The number of methoxy groups -OCH3 is 2. The van der Waals surface area contributed by atoms with Gasteiger partial charge in [0.2, 0.25) is 0 Å². The van der Waals surface area contributed by atoms with Gasteiger partial charge in [0, 0.05) is 35.8 Å². The predicted molar refractivity (Wildman–Crippen MR) is 124 cm³/mol. The summed E-state index contributed by atoms with van der Waals surface area (Å²) in [6.45, 7) is 3.46. The van der Waals surface area contributed by atoms with Crippen LogP contribution >= 0.6 is 23.1 Å². The fourth-order valence-electron chi connectivity index (χ4n) is 8.64. The first-order valence-electron chi connectivity index (χ1n) is 11.6. The van der Waals surface area contributed by atoms with Crippen molar-refractivity contribution in [2.75, 3.05) is 26.5 Å². The van der Waals surface area contributed by atoms with Crippen molar-refractivity contribution in [2.24, 2.45) is 17.3 Å². The number of nitrogens with zero attached hydrogens (tertiary/aromatic N) is 2. The quantitative estimate of drug-likeness (QED) is 0.667. The van der Waals surface area contributed by atoms with Crippen molar-refractivity contribution in [2.45, 2.75) is 60.1 Å². The molecular weight excluding hydrogens is 442 g/mol. The first-order valence-corrected chi connectivity index (χ1v) is 13.5. The monoisotopic (exact) mass is 471 g/mol. The lowest BCUT2D eigenvalue weighted by atomic mass is 9.33. The summed E-state index contributed by atoms with van der Waals surface area (Å²) in [5.41, 5.74) is 4.58. The molecule has 2 spiro atoms. The molecule has 6 aliphatic rings. The normalized spacial score (nSPS) is 42.5. The van der Waals surface area contributed by atoms with E-state index in [4.69, 9.17) is 14.2 Å². The highest BCUT2D eigenvalue weighted by Crippen LogP contribution is 2.77. The molecule has 0 amide bonds. The maximum absolute atomic E-state index is 7.05. The Labute approximate surface area is 196 Å². The maximum Gasteiger partial charge on any atom is 0.174 e. The molecule has 2 aliphatic heterocycles. The zero-order valence-electron chi connectivity index (χ0n) is 18.7. The Morgan fingerprint density at radius 2 is 2.22 bits per heavy atom. The number of piperidine rings is 1. The van der Waals surface area contributed by atoms with Crippen LogP contribution in [0.15, 0.2) is 22.0 Å². The Morgan fingerprint density at radius 1 is 1.31 bits per heavy atom. The van der Waals surface area contributed by atoms with Gasteiger partial charge in [-0.2, -0.15) is 0 Å². The van der Waals surface area contributed by atoms with Crippen LogP contribution in [0.3, 0.4) is 0 Å². The lowest BCUT2D eigenvalue weighted by Crippen LogP contribution is -2.83. The molecule has 4 bridgehead atoms. The van der Waals surface area contributed by atoms with Gasteiger partial charge in [0.15, 0.2) is 15.8 Å². The third kappa shape index (κ3) is 2.08. The molecule has 7 atom stereocenters. The summed E-state index contributed by atoms with van der Waals surface area (Å²) in [5, 5.41) is 12.3. The molecule has 1 aromatic heterocycles. The molecule has 2 aromatic rings. The molecule has 4 aliphatic carbocycles. The number of fused-ring (bicyclic) bond motifs is 2. The average molecular weight is 472 g/mol. The number of ether oxygens (including phenoxy) is 3. The topological polar surface area (TPSA) is 65.5 Å². The highest BCUT2D eigenvalue weighted by atomic mass is 32.2. The SMILES string of the molecule is COc1ccc2c3c1O[C@H]1[C@@]4(OC)CC[C@@]5(C[C@@H]4CSc4nncs4)[C@@H](C2)NCC(C)[C@]315. The van der Waals surface area contributed by atoms with E-state index in [2.05, 4.69) is 34.6 Å². The molecule has 8 rings (SSSR count). The van der Waals surface area contributed by atoms with Gasteiger partial charge >= 0.3 is 0 Å². The zero-order chi connectivity index (χ0) is 21.7. The van der Waals surface area contributed by atoms with Gasteiger partial charge in [-0.05, 0) is 49.8 Å². The van der Waals surface area contributed by atoms with Crippen molar-refractivity contribution in [3.63, 3.8) is 0 Å². The molecule has 170 valence electrons. The second kappa shape index (κ2) is 6.62. The standard InChI is InChI=1S/C24H29N3O3S2/c1-13-10-25-17-8-14-4-5-16(28-2)19-18(14)24(13)20(30-19)23(29-3)7-6-22(17,24)9-15(23)11-31-21-27-26-12-32-21/h4-5,12-13,15,17,20,25H,6-11H2,1-3H3/t13?,15-,17-,20+,22-,23-,24+/m1/s1. The minimum absolute atomic E-state index is 0.0153. The van der Waals surface area contributed by atoms with Crippen LogP contribution < -0.4 is 14.8 Å². The number of rotatable bonds is 5. The van der Waals surface area contributed by atoms with Gasteiger partial charge in [0.1, 0.15) is 17.2 Å². The van der Waals surface area contributed by atoms with E-state index in [0.29, 0.717) is 17.9 Å². The largest absolute Gasteiger partial charge is 0.493 e. The van der Waals surface area contributed by atoms with Crippen LogP contribution in [0.2, 0.25) is 0 Å². The summed E-state index contributed by atoms with van der Waals surface area (Å²) in [6, 6.07) is 4.88. The van der Waals surface area contributed by atoms with Gasteiger partial charge in [-0.15, -0.1) is 10.2 Å². The van der Waals surface area contributed by atoms with Crippen molar-refractivity contribution in [1.82, 2.24) is 15.5 Å². The van der Waals surface area contributed by atoms with E-state index < -0.39 is 0 Å². The molecule has 6 nitrogen and oxygen atoms in total. The fraction of sp³-hybridized carbons (Fsp3) is 0.667. The van der Waals surface area contributed by atoms with E-state index in [1.807, 2.05) is 24.4 Å². The number of hydrogen-bond donors (Lipinski definition) is 1. The molecule has 8 heteroatoms. The van der Waals surface area contributed by atoms with Crippen LogP contribution in [-0.2, 0) is 16.6 Å². The zero-order valence-corrected chi connectivity index (χ0v) is 20.4. The first kappa shape index (κ1) is 20.1. The highest BCUT2D eigenvalue weighted by molar-refractivity contribution is 8.01. The summed E-state index contributed by atoms with van der Waals surface area (Å²) in [4.78, 5) is 0. The first-order chi connectivity index (χ1) is 15.6. The fourth-order valence-corrected chi connectivity index (χ4v) is 10.4. The third-order valence-electron chi connectivity index (χ3n) is 9.69. The van der Waals surface area contributed by atoms with Gasteiger partial charge in [0.25, 0.3) is 0 Å². The molecule has 1 unspecified atom stereocenters. The lowest BCUT2D eigenvalue weighted by molar-refractivity contribution is -0.270. The molecular formula is C24H29N3O3S2. The Hall–Kier alpha value is -1.35. The van der Waals surface area contributed by atoms with Crippen molar-refractivity contribution in [3.8, 4) is 11.5 Å². The van der Waals surface area contributed by atoms with Crippen molar-refractivity contribution >= 4 is 23.1 Å². The van der Waals surface area contributed by atoms with Crippen molar-refractivity contribution in [1.29, 1.82) is 0 Å². The Bertz CT molecular complexity index is 1080. The van der Waals surface area contributed by atoms with Crippen LogP contribution in [0.25, 0.3) is 0 Å². The second-order valence-corrected chi connectivity index (χ2v) is 12.4. The van der Waals surface area contributed by atoms with Gasteiger partial charge in [-0.3, -0.25) is 0 Å². The summed E-state index contributed by atoms with van der Waals surface area (Å²) in [6.07, 6.45) is 4.51. The van der Waals surface area contributed by atoms with Gasteiger partial charge in [0.05, 0.1) is 12.5 Å². The van der Waals surface area contributed by atoms with Gasteiger partial charge < -0.3 is 19.5 Å². The number of hydrogen-bond acceptors (Lipinski definition) is 8. The number of aromatic nitrogens is 2. The van der Waals surface area contributed by atoms with E-state index in [0.717, 1.165) is 41.0 Å². The van der Waals surface area contributed by atoms with E-state index >= 15 is 0 Å². The molecule has 3 saturated carbocycles. The van der Waals surface area contributed by atoms with Crippen molar-refractivity contribution in [3.05, 3.63) is 28.8 Å². The molecule has 1 aromatic carbocycles. The summed E-state index contributed by atoms with van der Waals surface area (Å²) in [5.74, 6) is 3.74. The average Bonchev–Trinajstić information content (AvgIpc) is 3.47. The number of nitrogens with one attached hydrogen (secondary N) is 1. The Balaban J connectivity index is 1.43. The van der Waals surface area contributed by atoms with Gasteiger partial charge in [-0.25, -0.2) is 0 Å². The molecule has 1 saturated heterocycles. The summed E-state index contributed by atoms with van der Waals surface area (Å²) >= 11 is 3.45. The smallest absolute Gasteiger partial charge is 0.174 e. The van der Waals surface area contributed by atoms with E-state index in [-0.39, 0.29) is 22.5 Å². The lowest BCUT2D eigenvalue weighted by Gasteiger charge is -2.74. The molecule has 3 heterocycles. The van der Waals surface area contributed by atoms with Crippen LogP contribution in [0.5, 0.6) is 11.5 Å². The van der Waals surface area contributed by atoms with E-state index in [1.165, 1.54) is 24.0 Å². The summed E-state index contributed by atoms with van der Waals surface area (Å²) < 4.78 is 20.5. The van der Waals surface area contributed by atoms with Crippen LogP contribution in [0, 0.1) is 17.3 Å². The molecule has 0 radical (unpaired) electrons. The van der Waals surface area contributed by atoms with E-state index in [9.17, 15) is 0 Å². The van der Waals surface area contributed by atoms with Crippen LogP contribution in [0.4, 0.5) is 0 Å². The van der Waals surface area contributed by atoms with Gasteiger partial charge in [-0.1, -0.05) is 36.1 Å². The minimum atomic E-state index is -0.297. The van der Waals surface area contributed by atoms with Crippen molar-refractivity contribution < 1.29 is 14.2 Å². The van der Waals surface area contributed by atoms with E-state index in [1.54, 1.807) is 18.4 Å².